The van der Waals surface area contributed by atoms with Crippen LogP contribution in [-0.2, 0) is 14.3 Å². The van der Waals surface area contributed by atoms with Crippen LogP contribution in [0, 0.1) is 0 Å². The highest BCUT2D eigenvalue weighted by Gasteiger charge is 2.28. The number of aliphatic hydroxyl groups excluding tert-OH is 1. The zero-order chi connectivity index (χ0) is 17.6. The molecule has 0 rings (SSSR count). The number of alkyl carbamates (subject to hydrolysis) is 1. The van der Waals surface area contributed by atoms with Crippen molar-refractivity contribution in [2.75, 3.05) is 6.61 Å². The Morgan fingerprint density at radius 3 is 1.95 bits per heavy atom. The average Bonchev–Trinajstić information content (AvgIpc) is 2.29. The zero-order valence-corrected chi connectivity index (χ0v) is 15.0. The first-order valence-electron chi connectivity index (χ1n) is 7.31. The van der Waals surface area contributed by atoms with Crippen LogP contribution in [0.4, 0.5) is 4.79 Å². The van der Waals surface area contributed by atoms with E-state index in [0.29, 0.717) is 6.42 Å². The lowest BCUT2D eigenvalue weighted by atomic mass is 10.1. The first-order chi connectivity index (χ1) is 9.84. The number of esters is 1. The first kappa shape index (κ1) is 21.0. The van der Waals surface area contributed by atoms with Gasteiger partial charge < -0.3 is 19.9 Å². The topological polar surface area (TPSA) is 84.9 Å². The van der Waals surface area contributed by atoms with Crippen molar-refractivity contribution in [3.05, 3.63) is 0 Å². The lowest BCUT2D eigenvalue weighted by Gasteiger charge is -2.26. The Bertz CT molecular complexity index is 373. The van der Waals surface area contributed by atoms with Crippen LogP contribution in [0.3, 0.4) is 0 Å². The molecule has 2 N–H and O–H groups in total. The third-order valence-corrected chi connectivity index (χ3v) is 2.71. The van der Waals surface area contributed by atoms with E-state index in [1.165, 1.54) is 0 Å². The van der Waals surface area contributed by atoms with E-state index >= 15 is 0 Å². The van der Waals surface area contributed by atoms with Gasteiger partial charge in [-0.05, 0) is 54.4 Å². The van der Waals surface area contributed by atoms with Crippen LogP contribution < -0.4 is 5.32 Å². The van der Waals surface area contributed by atoms with Crippen LogP contribution in [0.15, 0.2) is 0 Å². The Kier molecular flexibility index (Phi) is 8.18. The second kappa shape index (κ2) is 8.58. The molecule has 0 aromatic carbocycles. The molecule has 0 bridgehead atoms. The van der Waals surface area contributed by atoms with Gasteiger partial charge in [-0.1, -0.05) is 0 Å². The molecule has 1 amide bonds. The van der Waals surface area contributed by atoms with E-state index in [0.717, 1.165) is 0 Å². The maximum atomic E-state index is 12.2. The quantitative estimate of drug-likeness (QED) is 0.575. The Labute approximate surface area is 137 Å². The van der Waals surface area contributed by atoms with Gasteiger partial charge in [0.05, 0.1) is 12.0 Å². The van der Waals surface area contributed by atoms with Crippen LogP contribution in [-0.4, -0.2) is 46.4 Å². The molecular weight excluding hydrogens is 310 g/mol. The molecule has 0 heterocycles. The number of aliphatic hydroxyl groups is 1. The van der Waals surface area contributed by atoms with Gasteiger partial charge in [0.2, 0.25) is 0 Å². The van der Waals surface area contributed by atoms with Crippen molar-refractivity contribution < 1.29 is 24.2 Å². The lowest BCUT2D eigenvalue weighted by Crippen LogP contribution is -2.46. The maximum absolute atomic E-state index is 12.2. The Morgan fingerprint density at radius 1 is 1.05 bits per heavy atom. The second-order valence-corrected chi connectivity index (χ2v) is 7.71. The van der Waals surface area contributed by atoms with Crippen LogP contribution in [0.2, 0.25) is 0 Å². The summed E-state index contributed by atoms with van der Waals surface area (Å²) in [6.45, 7) is 10.2. The SMILES string of the molecule is CC(C)(C)OC(=O)N[C@@H](CC[C@H](Cl)CO)C(=O)OC(C)(C)C. The van der Waals surface area contributed by atoms with Crippen molar-refractivity contribution in [1.29, 1.82) is 0 Å². The molecule has 130 valence electrons. The Balaban J connectivity index is 4.78. The smallest absolute Gasteiger partial charge is 0.408 e. The van der Waals surface area contributed by atoms with Crippen molar-refractivity contribution in [2.24, 2.45) is 0 Å². The third kappa shape index (κ3) is 10.7. The number of nitrogens with one attached hydrogen (secondary N) is 1. The molecule has 22 heavy (non-hydrogen) atoms. The normalized spacial score (nSPS) is 14.9. The van der Waals surface area contributed by atoms with Gasteiger partial charge in [0.25, 0.3) is 0 Å². The predicted molar refractivity (Wildman–Crippen MR) is 85.0 cm³/mol. The standard InChI is InChI=1S/C15H28ClNO5/c1-14(2,3)21-12(19)11(8-7-10(16)9-18)17-13(20)22-15(4,5)6/h10-11,18H,7-9H2,1-6H3,(H,17,20)/t10-,11-/m0/s1. The molecule has 0 aliphatic rings. The average molecular weight is 338 g/mol. The number of halogens is 1. The first-order valence-corrected chi connectivity index (χ1v) is 7.75. The number of carbonyl (C=O) groups is 2. The Morgan fingerprint density at radius 2 is 1.55 bits per heavy atom. The molecule has 0 radical (unpaired) electrons. The van der Waals surface area contributed by atoms with Crippen LogP contribution in [0.1, 0.15) is 54.4 Å². The summed E-state index contributed by atoms with van der Waals surface area (Å²) in [7, 11) is 0. The second-order valence-electron chi connectivity index (χ2n) is 7.09. The minimum absolute atomic E-state index is 0.199. The van der Waals surface area contributed by atoms with Gasteiger partial charge in [0.15, 0.2) is 0 Å². The molecule has 0 spiro atoms. The summed E-state index contributed by atoms with van der Waals surface area (Å²) in [5.41, 5.74) is -1.33. The number of amides is 1. The van der Waals surface area contributed by atoms with Crippen LogP contribution >= 0.6 is 11.6 Å². The van der Waals surface area contributed by atoms with Crippen molar-refractivity contribution in [1.82, 2.24) is 5.32 Å². The van der Waals surface area contributed by atoms with E-state index in [1.807, 2.05) is 0 Å². The number of carbonyl (C=O) groups excluding carboxylic acids is 2. The molecule has 0 aliphatic carbocycles. The van der Waals surface area contributed by atoms with Crippen molar-refractivity contribution >= 4 is 23.7 Å². The summed E-state index contributed by atoms with van der Waals surface area (Å²) in [5, 5.41) is 11.0. The van der Waals surface area contributed by atoms with E-state index in [-0.39, 0.29) is 13.0 Å². The molecule has 6 nitrogen and oxygen atoms in total. The van der Waals surface area contributed by atoms with E-state index in [9.17, 15) is 9.59 Å². The van der Waals surface area contributed by atoms with E-state index in [1.54, 1.807) is 41.5 Å². The summed E-state index contributed by atoms with van der Waals surface area (Å²) < 4.78 is 10.4. The summed E-state index contributed by atoms with van der Waals surface area (Å²) in [6.07, 6.45) is -0.0841. The number of rotatable bonds is 6. The molecule has 2 atom stereocenters. The molecule has 0 aliphatic heterocycles. The molecule has 0 saturated heterocycles. The fraction of sp³-hybridized carbons (Fsp3) is 0.867. The Hall–Kier alpha value is -1.01. The summed E-state index contributed by atoms with van der Waals surface area (Å²) >= 11 is 5.84. The van der Waals surface area contributed by atoms with Gasteiger partial charge >= 0.3 is 12.1 Å². The number of alkyl halides is 1. The summed E-state index contributed by atoms with van der Waals surface area (Å²) in [6, 6.07) is -0.873. The largest absolute Gasteiger partial charge is 0.458 e. The molecule has 0 unspecified atom stereocenters. The molecule has 0 aromatic rings. The van der Waals surface area contributed by atoms with Gasteiger partial charge in [0.1, 0.15) is 17.2 Å². The van der Waals surface area contributed by atoms with Gasteiger partial charge in [0, 0.05) is 0 Å². The highest BCUT2D eigenvalue weighted by Crippen LogP contribution is 2.14. The van der Waals surface area contributed by atoms with Crippen molar-refractivity contribution in [2.45, 2.75) is 77.0 Å². The molecule has 0 saturated carbocycles. The molecule has 0 fully saturated rings. The van der Waals surface area contributed by atoms with Gasteiger partial charge in [-0.25, -0.2) is 9.59 Å². The van der Waals surface area contributed by atoms with Crippen molar-refractivity contribution in [3.63, 3.8) is 0 Å². The minimum Gasteiger partial charge on any atom is -0.458 e. The predicted octanol–water partition coefficient (Wildman–Crippen LogP) is 2.60. The van der Waals surface area contributed by atoms with Gasteiger partial charge in [-0.15, -0.1) is 11.6 Å². The molecule has 0 aromatic heterocycles. The van der Waals surface area contributed by atoms with Gasteiger partial charge in [-0.2, -0.15) is 0 Å². The highest BCUT2D eigenvalue weighted by molar-refractivity contribution is 6.20. The zero-order valence-electron chi connectivity index (χ0n) is 14.2. The lowest BCUT2D eigenvalue weighted by molar-refractivity contribution is -0.157. The van der Waals surface area contributed by atoms with E-state index in [4.69, 9.17) is 26.2 Å². The summed E-state index contributed by atoms with van der Waals surface area (Å²) in [4.78, 5) is 24.0. The minimum atomic E-state index is -0.873. The highest BCUT2D eigenvalue weighted by atomic mass is 35.5. The van der Waals surface area contributed by atoms with Crippen molar-refractivity contribution in [3.8, 4) is 0 Å². The van der Waals surface area contributed by atoms with E-state index in [2.05, 4.69) is 5.32 Å². The fourth-order valence-electron chi connectivity index (χ4n) is 1.51. The monoisotopic (exact) mass is 337 g/mol. The van der Waals surface area contributed by atoms with Crippen LogP contribution in [0.25, 0.3) is 0 Å². The number of hydrogen-bond donors (Lipinski definition) is 2. The number of hydrogen-bond acceptors (Lipinski definition) is 5. The molecule has 7 heteroatoms. The third-order valence-electron chi connectivity index (χ3n) is 2.35. The van der Waals surface area contributed by atoms with Gasteiger partial charge in [-0.3, -0.25) is 0 Å². The number of ether oxygens (including phenoxy) is 2. The van der Waals surface area contributed by atoms with E-state index < -0.39 is 34.7 Å². The maximum Gasteiger partial charge on any atom is 0.408 e. The summed E-state index contributed by atoms with van der Waals surface area (Å²) in [5.74, 6) is -0.555. The fourth-order valence-corrected chi connectivity index (χ4v) is 1.64. The molecular formula is C15H28ClNO5. The van der Waals surface area contributed by atoms with Crippen LogP contribution in [0.5, 0.6) is 0 Å².